The number of hydrogen-bond acceptors (Lipinski definition) is 3. The predicted octanol–water partition coefficient (Wildman–Crippen LogP) is 2.82. The van der Waals surface area contributed by atoms with Gasteiger partial charge < -0.3 is 14.5 Å². The highest BCUT2D eigenvalue weighted by Crippen LogP contribution is 2.29. The molecule has 0 N–H and O–H groups in total. The predicted molar refractivity (Wildman–Crippen MR) is 84.2 cm³/mol. The van der Waals surface area contributed by atoms with E-state index in [9.17, 15) is 4.79 Å². The first kappa shape index (κ1) is 14.9. The second-order valence-corrected chi connectivity index (χ2v) is 6.35. The van der Waals surface area contributed by atoms with Gasteiger partial charge in [-0.2, -0.15) is 0 Å². The minimum Gasteiger partial charge on any atom is -0.373 e. The highest BCUT2D eigenvalue weighted by atomic mass is 35.5. The molecule has 0 bridgehead atoms. The Morgan fingerprint density at radius 3 is 2.71 bits per heavy atom. The zero-order chi connectivity index (χ0) is 15.0. The summed E-state index contributed by atoms with van der Waals surface area (Å²) in [6.45, 7) is 5.09. The summed E-state index contributed by atoms with van der Waals surface area (Å²) < 4.78 is 5.20. The quantitative estimate of drug-likeness (QED) is 0.797. The van der Waals surface area contributed by atoms with Crippen molar-refractivity contribution in [2.24, 2.45) is 0 Å². The number of piperazine rings is 1. The van der Waals surface area contributed by atoms with E-state index >= 15 is 0 Å². The van der Waals surface area contributed by atoms with E-state index in [0.29, 0.717) is 16.1 Å². The van der Waals surface area contributed by atoms with Crippen LogP contribution in [0.4, 0.5) is 5.69 Å². The number of anilines is 1. The van der Waals surface area contributed by atoms with Gasteiger partial charge in [0.05, 0.1) is 22.8 Å². The van der Waals surface area contributed by atoms with Crippen LogP contribution in [0.3, 0.4) is 0 Å². The number of ether oxygens (including phenoxy) is 1. The number of rotatable bonds is 4. The smallest absolute Gasteiger partial charge is 0.245 e. The fourth-order valence-corrected chi connectivity index (χ4v) is 3.00. The maximum Gasteiger partial charge on any atom is 0.245 e. The fourth-order valence-electron chi connectivity index (χ4n) is 2.70. The molecule has 0 saturated carbocycles. The van der Waals surface area contributed by atoms with Crippen LogP contribution in [0, 0.1) is 0 Å². The molecule has 2 fully saturated rings. The van der Waals surface area contributed by atoms with E-state index in [1.54, 1.807) is 6.07 Å². The lowest BCUT2D eigenvalue weighted by Gasteiger charge is -2.40. The van der Waals surface area contributed by atoms with Crippen molar-refractivity contribution in [1.29, 1.82) is 0 Å². The molecule has 21 heavy (non-hydrogen) atoms. The Kier molecular flexibility index (Phi) is 4.29. The number of carbonyl (C=O) groups is 1. The van der Waals surface area contributed by atoms with Crippen molar-refractivity contribution in [2.75, 3.05) is 31.1 Å². The highest BCUT2D eigenvalue weighted by Gasteiger charge is 2.33. The molecule has 114 valence electrons. The Morgan fingerprint density at radius 1 is 1.29 bits per heavy atom. The summed E-state index contributed by atoms with van der Waals surface area (Å²) in [5.74, 6) is 0.160. The first-order chi connectivity index (χ1) is 10.1. The first-order valence-electron chi connectivity index (χ1n) is 7.18. The monoisotopic (exact) mass is 328 g/mol. The third-order valence-corrected chi connectivity index (χ3v) is 4.84. The third-order valence-electron chi connectivity index (χ3n) is 4.11. The van der Waals surface area contributed by atoms with Crippen LogP contribution in [0.2, 0.25) is 10.0 Å². The highest BCUT2D eigenvalue weighted by molar-refractivity contribution is 6.42. The van der Waals surface area contributed by atoms with Gasteiger partial charge in [0.15, 0.2) is 0 Å². The fraction of sp³-hybridized carbons (Fsp3) is 0.533. The number of amides is 1. The molecule has 1 amide bonds. The van der Waals surface area contributed by atoms with Gasteiger partial charge in [-0.05, 0) is 31.5 Å². The molecule has 2 atom stereocenters. The van der Waals surface area contributed by atoms with Crippen molar-refractivity contribution in [1.82, 2.24) is 4.90 Å². The van der Waals surface area contributed by atoms with Gasteiger partial charge in [-0.1, -0.05) is 23.2 Å². The van der Waals surface area contributed by atoms with E-state index in [0.717, 1.165) is 38.3 Å². The number of benzene rings is 1. The summed E-state index contributed by atoms with van der Waals surface area (Å²) in [7, 11) is 0. The number of nitrogens with zero attached hydrogens (tertiary/aromatic N) is 2. The largest absolute Gasteiger partial charge is 0.373 e. The zero-order valence-electron chi connectivity index (χ0n) is 11.9. The van der Waals surface area contributed by atoms with E-state index in [1.165, 1.54) is 0 Å². The van der Waals surface area contributed by atoms with Crippen LogP contribution in [0.5, 0.6) is 0 Å². The molecule has 1 aromatic carbocycles. The van der Waals surface area contributed by atoms with Gasteiger partial charge in [-0.25, -0.2) is 0 Å². The molecule has 6 heteroatoms. The summed E-state index contributed by atoms with van der Waals surface area (Å²) in [6, 6.07) is 5.32. The van der Waals surface area contributed by atoms with Crippen LogP contribution < -0.4 is 4.90 Å². The number of halogens is 2. The first-order valence-corrected chi connectivity index (χ1v) is 7.94. The van der Waals surface area contributed by atoms with Crippen molar-refractivity contribution in [3.8, 4) is 0 Å². The molecule has 0 spiro atoms. The van der Waals surface area contributed by atoms with Crippen molar-refractivity contribution in [2.45, 2.75) is 25.5 Å². The van der Waals surface area contributed by atoms with Crippen LogP contribution >= 0.6 is 23.2 Å². The molecule has 2 aliphatic heterocycles. The molecule has 1 unspecified atom stereocenters. The molecular weight excluding hydrogens is 311 g/mol. The normalized spacial score (nSPS) is 25.4. The molecule has 2 heterocycles. The van der Waals surface area contributed by atoms with Gasteiger partial charge in [0, 0.05) is 25.3 Å². The van der Waals surface area contributed by atoms with Crippen molar-refractivity contribution >= 4 is 34.8 Å². The van der Waals surface area contributed by atoms with Crippen LogP contribution in [0.15, 0.2) is 18.2 Å². The Morgan fingerprint density at radius 2 is 2.05 bits per heavy atom. The minimum absolute atomic E-state index is 0.160. The van der Waals surface area contributed by atoms with Gasteiger partial charge in [0.2, 0.25) is 5.91 Å². The lowest BCUT2D eigenvalue weighted by atomic mass is 10.1. The Bertz CT molecular complexity index is 548. The number of carbonyl (C=O) groups excluding carboxylic acids is 1. The van der Waals surface area contributed by atoms with Crippen molar-refractivity contribution < 1.29 is 9.53 Å². The topological polar surface area (TPSA) is 36.1 Å². The summed E-state index contributed by atoms with van der Waals surface area (Å²) in [5.41, 5.74) is 0.940. The molecular formula is C15H18Cl2N2O2. The molecule has 4 nitrogen and oxygen atoms in total. The van der Waals surface area contributed by atoms with E-state index in [1.807, 2.05) is 24.0 Å². The Balaban J connectivity index is 1.68. The molecule has 0 radical (unpaired) electrons. The standard InChI is InChI=1S/C15H18Cl2N2O2/c1-10-15(20)18(5-4-12-9-21-12)6-7-19(10)11-2-3-13(16)14(17)8-11/h2-3,8,10,12H,4-7,9H2,1H3/t10?,12-/m1/s1. The van der Waals surface area contributed by atoms with E-state index in [2.05, 4.69) is 4.90 Å². The Labute approximate surface area is 134 Å². The molecule has 0 aliphatic carbocycles. The summed E-state index contributed by atoms with van der Waals surface area (Å²) in [5, 5.41) is 1.05. The van der Waals surface area contributed by atoms with Crippen LogP contribution in [0.25, 0.3) is 0 Å². The van der Waals surface area contributed by atoms with Gasteiger partial charge in [0.1, 0.15) is 6.04 Å². The lowest BCUT2D eigenvalue weighted by Crippen LogP contribution is -2.56. The summed E-state index contributed by atoms with van der Waals surface area (Å²) in [6.07, 6.45) is 1.30. The van der Waals surface area contributed by atoms with Crippen LogP contribution in [-0.2, 0) is 9.53 Å². The molecule has 3 rings (SSSR count). The summed E-state index contributed by atoms with van der Waals surface area (Å²) in [4.78, 5) is 16.5. The average molecular weight is 329 g/mol. The lowest BCUT2D eigenvalue weighted by molar-refractivity contribution is -0.133. The Hall–Kier alpha value is -0.970. The van der Waals surface area contributed by atoms with Gasteiger partial charge >= 0.3 is 0 Å². The van der Waals surface area contributed by atoms with Crippen LogP contribution in [0.1, 0.15) is 13.3 Å². The van der Waals surface area contributed by atoms with Crippen molar-refractivity contribution in [3.05, 3.63) is 28.2 Å². The maximum absolute atomic E-state index is 12.5. The third kappa shape index (κ3) is 3.28. The average Bonchev–Trinajstić information content (AvgIpc) is 3.28. The van der Waals surface area contributed by atoms with Gasteiger partial charge in [-0.3, -0.25) is 4.79 Å². The minimum atomic E-state index is -0.184. The van der Waals surface area contributed by atoms with Crippen LogP contribution in [-0.4, -0.2) is 49.2 Å². The maximum atomic E-state index is 12.5. The van der Waals surface area contributed by atoms with E-state index in [4.69, 9.17) is 27.9 Å². The SMILES string of the molecule is CC1C(=O)N(CC[C@@H]2CO2)CCN1c1ccc(Cl)c(Cl)c1. The molecule has 2 aliphatic rings. The molecule has 2 saturated heterocycles. The van der Waals surface area contributed by atoms with Crippen molar-refractivity contribution in [3.63, 3.8) is 0 Å². The molecule has 1 aromatic rings. The zero-order valence-corrected chi connectivity index (χ0v) is 13.4. The second-order valence-electron chi connectivity index (χ2n) is 5.54. The second kappa shape index (κ2) is 6.03. The summed E-state index contributed by atoms with van der Waals surface area (Å²) >= 11 is 12.0. The van der Waals surface area contributed by atoms with Gasteiger partial charge in [0.25, 0.3) is 0 Å². The van der Waals surface area contributed by atoms with E-state index < -0.39 is 0 Å². The van der Waals surface area contributed by atoms with E-state index in [-0.39, 0.29) is 11.9 Å². The number of hydrogen-bond donors (Lipinski definition) is 0. The van der Waals surface area contributed by atoms with Gasteiger partial charge in [-0.15, -0.1) is 0 Å². The number of epoxide rings is 1. The molecule has 0 aromatic heterocycles.